The number of piperazine rings is 1. The van der Waals surface area contributed by atoms with Crippen molar-refractivity contribution in [3.63, 3.8) is 0 Å². The summed E-state index contributed by atoms with van der Waals surface area (Å²) in [5.74, 6) is 1.11. The van der Waals surface area contributed by atoms with Gasteiger partial charge in [-0.2, -0.15) is 9.50 Å². The Bertz CT molecular complexity index is 1280. The average molecular weight is 440 g/mol. The predicted molar refractivity (Wildman–Crippen MR) is 121 cm³/mol. The molecule has 4 aromatic rings. The largest absolute Gasteiger partial charge is 0.461 e. The van der Waals surface area contributed by atoms with Crippen LogP contribution in [0.2, 0.25) is 0 Å². The Hall–Kier alpha value is -3.18. The molecule has 0 aromatic carbocycles. The first kappa shape index (κ1) is 20.7. The number of aromatic nitrogens is 6. The lowest BCUT2D eigenvalue weighted by Crippen LogP contribution is -2.47. The van der Waals surface area contributed by atoms with Crippen molar-refractivity contribution >= 4 is 22.8 Å². The van der Waals surface area contributed by atoms with E-state index in [0.717, 1.165) is 32.7 Å². The molecule has 0 bridgehead atoms. The summed E-state index contributed by atoms with van der Waals surface area (Å²) in [5, 5.41) is 4.42. The lowest BCUT2D eigenvalue weighted by Gasteiger charge is -2.34. The molecule has 11 heteroatoms. The van der Waals surface area contributed by atoms with Crippen molar-refractivity contribution in [2.45, 2.75) is 26.3 Å². The quantitative estimate of drug-likeness (QED) is 0.454. The van der Waals surface area contributed by atoms with E-state index < -0.39 is 0 Å². The van der Waals surface area contributed by atoms with Crippen LogP contribution in [0.15, 0.2) is 27.6 Å². The standard InChI is InChI=1S/C21H29N9O2/c1-3-4-7-27-8-10-28(11-9-27)12-13-29-18-16(26(2)21(29)31)19-23-17(15-6-5-14-32-15)25-30(19)20(22)24-18/h5-6,14H,3-4,7-13H2,1-2H3,(H2,22,24). The molecule has 0 aliphatic carbocycles. The Morgan fingerprint density at radius 2 is 1.81 bits per heavy atom. The smallest absolute Gasteiger partial charge is 0.330 e. The van der Waals surface area contributed by atoms with E-state index in [0.29, 0.717) is 34.9 Å². The highest BCUT2D eigenvalue weighted by atomic mass is 16.3. The monoisotopic (exact) mass is 439 g/mol. The zero-order valence-electron chi connectivity index (χ0n) is 18.6. The lowest BCUT2D eigenvalue weighted by atomic mass is 10.2. The van der Waals surface area contributed by atoms with Crippen LogP contribution in [0, 0.1) is 0 Å². The van der Waals surface area contributed by atoms with Crippen LogP contribution in [0.5, 0.6) is 0 Å². The van der Waals surface area contributed by atoms with E-state index in [1.807, 2.05) is 0 Å². The van der Waals surface area contributed by atoms with Gasteiger partial charge in [-0.15, -0.1) is 5.10 Å². The molecule has 0 amide bonds. The zero-order valence-corrected chi connectivity index (χ0v) is 18.6. The Balaban J connectivity index is 1.42. The number of rotatable bonds is 7. The zero-order chi connectivity index (χ0) is 22.2. The number of unbranched alkanes of at least 4 members (excludes halogenated alkanes) is 1. The van der Waals surface area contributed by atoms with Gasteiger partial charge in [-0.25, -0.2) is 9.78 Å². The van der Waals surface area contributed by atoms with Crippen LogP contribution < -0.4 is 11.4 Å². The maximum Gasteiger partial charge on any atom is 0.330 e. The summed E-state index contributed by atoms with van der Waals surface area (Å²) < 4.78 is 10.1. The van der Waals surface area contributed by atoms with Gasteiger partial charge in [-0.3, -0.25) is 14.0 Å². The molecule has 0 saturated carbocycles. The SMILES string of the molecule is CCCCN1CCN(CCn2c(=O)n(C)c3c2nc(N)n2nc(-c4ccco4)nc32)CC1. The van der Waals surface area contributed by atoms with Crippen molar-refractivity contribution < 1.29 is 4.42 Å². The van der Waals surface area contributed by atoms with Crippen LogP contribution in [-0.2, 0) is 13.6 Å². The van der Waals surface area contributed by atoms with Crippen LogP contribution >= 0.6 is 0 Å². The summed E-state index contributed by atoms with van der Waals surface area (Å²) in [5.41, 5.74) is 7.68. The summed E-state index contributed by atoms with van der Waals surface area (Å²) in [4.78, 5) is 27.1. The summed E-state index contributed by atoms with van der Waals surface area (Å²) >= 11 is 0. The second-order valence-corrected chi connectivity index (χ2v) is 8.32. The van der Waals surface area contributed by atoms with Crippen molar-refractivity contribution in [3.8, 4) is 11.6 Å². The molecule has 170 valence electrons. The molecule has 0 radical (unpaired) electrons. The fourth-order valence-electron chi connectivity index (χ4n) is 4.36. The molecule has 5 rings (SSSR count). The van der Waals surface area contributed by atoms with Crippen LogP contribution in [0.3, 0.4) is 0 Å². The highest BCUT2D eigenvalue weighted by Crippen LogP contribution is 2.23. The minimum atomic E-state index is -0.135. The molecule has 2 N–H and O–H groups in total. The maximum absolute atomic E-state index is 13.1. The fourth-order valence-corrected chi connectivity index (χ4v) is 4.36. The summed E-state index contributed by atoms with van der Waals surface area (Å²) in [6.07, 6.45) is 4.04. The first-order chi connectivity index (χ1) is 15.6. The molecule has 32 heavy (non-hydrogen) atoms. The van der Waals surface area contributed by atoms with Crippen molar-refractivity contribution in [2.75, 3.05) is 45.0 Å². The maximum atomic E-state index is 13.1. The Kier molecular flexibility index (Phi) is 5.43. The number of nitrogens with zero attached hydrogens (tertiary/aromatic N) is 8. The van der Waals surface area contributed by atoms with Crippen molar-refractivity contribution in [3.05, 3.63) is 28.9 Å². The highest BCUT2D eigenvalue weighted by Gasteiger charge is 2.22. The second-order valence-electron chi connectivity index (χ2n) is 8.32. The van der Waals surface area contributed by atoms with Gasteiger partial charge in [0.1, 0.15) is 5.52 Å². The third-order valence-corrected chi connectivity index (χ3v) is 6.25. The Morgan fingerprint density at radius 3 is 2.50 bits per heavy atom. The summed E-state index contributed by atoms with van der Waals surface area (Å²) in [6.45, 7) is 8.91. The molecule has 11 nitrogen and oxygen atoms in total. The fraction of sp³-hybridized carbons (Fsp3) is 0.524. The van der Waals surface area contributed by atoms with E-state index in [-0.39, 0.29) is 11.6 Å². The van der Waals surface area contributed by atoms with E-state index in [4.69, 9.17) is 10.2 Å². The number of anilines is 1. The molecule has 1 saturated heterocycles. The van der Waals surface area contributed by atoms with Gasteiger partial charge in [0, 0.05) is 46.3 Å². The first-order valence-corrected chi connectivity index (χ1v) is 11.2. The number of furan rings is 1. The lowest BCUT2D eigenvalue weighted by molar-refractivity contribution is 0.128. The topological polar surface area (TPSA) is 116 Å². The minimum Gasteiger partial charge on any atom is -0.461 e. The number of hydrogen-bond donors (Lipinski definition) is 1. The van der Waals surface area contributed by atoms with Crippen LogP contribution in [-0.4, -0.2) is 77.8 Å². The van der Waals surface area contributed by atoms with Crippen LogP contribution in [0.1, 0.15) is 19.8 Å². The molecular formula is C21H29N9O2. The number of hydrogen-bond acceptors (Lipinski definition) is 8. The Morgan fingerprint density at radius 1 is 1.06 bits per heavy atom. The van der Waals surface area contributed by atoms with Gasteiger partial charge >= 0.3 is 5.69 Å². The van der Waals surface area contributed by atoms with E-state index in [9.17, 15) is 4.79 Å². The molecule has 5 heterocycles. The van der Waals surface area contributed by atoms with Crippen molar-refractivity contribution in [1.82, 2.24) is 38.5 Å². The third-order valence-electron chi connectivity index (χ3n) is 6.25. The van der Waals surface area contributed by atoms with Gasteiger partial charge in [0.25, 0.3) is 0 Å². The van der Waals surface area contributed by atoms with Gasteiger partial charge in [0.2, 0.25) is 11.8 Å². The molecule has 0 atom stereocenters. The van der Waals surface area contributed by atoms with Gasteiger partial charge < -0.3 is 15.1 Å². The highest BCUT2D eigenvalue weighted by molar-refractivity contribution is 5.88. The molecule has 1 aliphatic rings. The second kappa shape index (κ2) is 8.40. The van der Waals surface area contributed by atoms with Gasteiger partial charge in [-0.05, 0) is 25.1 Å². The summed E-state index contributed by atoms with van der Waals surface area (Å²) in [7, 11) is 1.73. The Labute approximate surface area is 185 Å². The molecule has 0 unspecified atom stereocenters. The molecular weight excluding hydrogens is 410 g/mol. The van der Waals surface area contributed by atoms with Gasteiger partial charge in [-0.1, -0.05) is 13.3 Å². The molecule has 1 aliphatic heterocycles. The van der Waals surface area contributed by atoms with Crippen LogP contribution in [0.25, 0.3) is 28.4 Å². The number of nitrogens with two attached hydrogens (primary N) is 1. The van der Waals surface area contributed by atoms with Gasteiger partial charge in [0.15, 0.2) is 17.1 Å². The van der Waals surface area contributed by atoms with Crippen molar-refractivity contribution in [2.24, 2.45) is 7.05 Å². The van der Waals surface area contributed by atoms with Gasteiger partial charge in [0.05, 0.1) is 6.26 Å². The normalized spacial score (nSPS) is 15.9. The summed E-state index contributed by atoms with van der Waals surface area (Å²) in [6, 6.07) is 3.55. The molecule has 4 aromatic heterocycles. The number of nitrogen functional groups attached to an aromatic ring is 1. The van der Waals surface area contributed by atoms with E-state index in [1.54, 1.807) is 34.6 Å². The average Bonchev–Trinajstić information content (AvgIpc) is 3.52. The number of imidazole rings is 1. The number of aryl methyl sites for hydroxylation is 1. The van der Waals surface area contributed by atoms with Crippen molar-refractivity contribution in [1.29, 1.82) is 0 Å². The van der Waals surface area contributed by atoms with E-state index in [1.165, 1.54) is 23.9 Å². The number of fused-ring (bicyclic) bond motifs is 3. The molecule has 1 fully saturated rings. The van der Waals surface area contributed by atoms with E-state index >= 15 is 0 Å². The minimum absolute atomic E-state index is 0.135. The first-order valence-electron chi connectivity index (χ1n) is 11.2. The van der Waals surface area contributed by atoms with E-state index in [2.05, 4.69) is 31.8 Å². The third kappa shape index (κ3) is 3.56. The molecule has 0 spiro atoms. The van der Waals surface area contributed by atoms with Crippen LogP contribution in [0.4, 0.5) is 5.95 Å². The predicted octanol–water partition coefficient (Wildman–Crippen LogP) is 1.04.